The van der Waals surface area contributed by atoms with Crippen molar-refractivity contribution in [2.45, 2.75) is 39.2 Å². The smallest absolute Gasteiger partial charge is 0.0377 e. The van der Waals surface area contributed by atoms with Gasteiger partial charge in [-0.05, 0) is 50.4 Å². The highest BCUT2D eigenvalue weighted by Crippen LogP contribution is 2.31. The number of halogens is 1. The average molecular weight is 325 g/mol. The molecule has 19 heavy (non-hydrogen) atoms. The molecule has 1 fully saturated rings. The maximum Gasteiger partial charge on any atom is 0.0377 e. The summed E-state index contributed by atoms with van der Waals surface area (Å²) in [5.41, 5.74) is 2.69. The fourth-order valence-corrected chi connectivity index (χ4v) is 3.64. The maximum absolute atomic E-state index is 3.71. The lowest BCUT2D eigenvalue weighted by molar-refractivity contribution is 0.530. The largest absolute Gasteiger partial charge is 0.371 e. The highest BCUT2D eigenvalue weighted by Gasteiger charge is 2.22. The minimum absolute atomic E-state index is 0.384. The third-order valence-corrected chi connectivity index (χ3v) is 4.92. The van der Waals surface area contributed by atoms with Crippen molar-refractivity contribution < 1.29 is 0 Å². The number of rotatable bonds is 5. The zero-order valence-electron chi connectivity index (χ0n) is 12.2. The van der Waals surface area contributed by atoms with Crippen LogP contribution in [0.2, 0.25) is 0 Å². The van der Waals surface area contributed by atoms with Gasteiger partial charge in [-0.1, -0.05) is 35.3 Å². The molecular formula is C16H25BrN2. The van der Waals surface area contributed by atoms with Crippen molar-refractivity contribution in [2.24, 2.45) is 5.92 Å². The van der Waals surface area contributed by atoms with Gasteiger partial charge in [0.05, 0.1) is 0 Å². The second-order valence-electron chi connectivity index (χ2n) is 5.61. The minimum atomic E-state index is 0.384. The van der Waals surface area contributed by atoms with Gasteiger partial charge in [0, 0.05) is 29.3 Å². The SMILES string of the molecule is CCCC1CCN(c2ccc(C(C)NC)c(Br)c2)C1. The van der Waals surface area contributed by atoms with Gasteiger partial charge < -0.3 is 10.2 Å². The molecule has 0 amide bonds. The van der Waals surface area contributed by atoms with E-state index in [1.807, 2.05) is 7.05 Å². The first kappa shape index (κ1) is 14.9. The van der Waals surface area contributed by atoms with Crippen LogP contribution < -0.4 is 10.2 Å². The van der Waals surface area contributed by atoms with Crippen LogP contribution in [-0.2, 0) is 0 Å². The Morgan fingerprint density at radius 2 is 2.26 bits per heavy atom. The topological polar surface area (TPSA) is 15.3 Å². The summed E-state index contributed by atoms with van der Waals surface area (Å²) in [5, 5.41) is 3.29. The Morgan fingerprint density at radius 3 is 2.89 bits per heavy atom. The molecule has 1 heterocycles. The van der Waals surface area contributed by atoms with Crippen molar-refractivity contribution in [2.75, 3.05) is 25.0 Å². The van der Waals surface area contributed by atoms with Crippen molar-refractivity contribution in [3.8, 4) is 0 Å². The van der Waals surface area contributed by atoms with E-state index in [0.717, 1.165) is 5.92 Å². The van der Waals surface area contributed by atoms with Crippen LogP contribution in [0.3, 0.4) is 0 Å². The van der Waals surface area contributed by atoms with Crippen LogP contribution in [0, 0.1) is 5.92 Å². The predicted molar refractivity (Wildman–Crippen MR) is 86.8 cm³/mol. The first-order valence-corrected chi connectivity index (χ1v) is 8.16. The molecule has 1 saturated heterocycles. The van der Waals surface area contributed by atoms with Crippen LogP contribution in [0.5, 0.6) is 0 Å². The first-order chi connectivity index (χ1) is 9.15. The van der Waals surface area contributed by atoms with Crippen LogP contribution in [0.4, 0.5) is 5.69 Å². The lowest BCUT2D eigenvalue weighted by atomic mass is 10.0. The first-order valence-electron chi connectivity index (χ1n) is 7.37. The van der Waals surface area contributed by atoms with Gasteiger partial charge in [-0.2, -0.15) is 0 Å². The predicted octanol–water partition coefficient (Wildman–Crippen LogP) is 4.36. The second-order valence-corrected chi connectivity index (χ2v) is 6.46. The molecule has 0 aromatic heterocycles. The van der Waals surface area contributed by atoms with Gasteiger partial charge in [0.1, 0.15) is 0 Å². The van der Waals surface area contributed by atoms with E-state index in [4.69, 9.17) is 0 Å². The van der Waals surface area contributed by atoms with E-state index in [1.54, 1.807) is 0 Å². The summed E-state index contributed by atoms with van der Waals surface area (Å²) in [6.45, 7) is 6.90. The van der Waals surface area contributed by atoms with Gasteiger partial charge in [-0.3, -0.25) is 0 Å². The molecule has 0 aliphatic carbocycles. The molecule has 0 saturated carbocycles. The minimum Gasteiger partial charge on any atom is -0.371 e. The third-order valence-electron chi connectivity index (χ3n) is 4.23. The van der Waals surface area contributed by atoms with Gasteiger partial charge in [-0.25, -0.2) is 0 Å². The molecule has 2 nitrogen and oxygen atoms in total. The average Bonchev–Trinajstić information content (AvgIpc) is 2.87. The van der Waals surface area contributed by atoms with E-state index >= 15 is 0 Å². The Morgan fingerprint density at radius 1 is 1.47 bits per heavy atom. The van der Waals surface area contributed by atoms with E-state index in [9.17, 15) is 0 Å². The number of nitrogens with zero attached hydrogens (tertiary/aromatic N) is 1. The van der Waals surface area contributed by atoms with Crippen LogP contribution in [0.15, 0.2) is 22.7 Å². The maximum atomic E-state index is 3.71. The van der Waals surface area contributed by atoms with Crippen LogP contribution >= 0.6 is 15.9 Å². The molecule has 2 unspecified atom stereocenters. The Bertz CT molecular complexity index is 419. The molecule has 1 N–H and O–H groups in total. The Hall–Kier alpha value is -0.540. The highest BCUT2D eigenvalue weighted by atomic mass is 79.9. The fourth-order valence-electron chi connectivity index (χ4n) is 2.93. The summed E-state index contributed by atoms with van der Waals surface area (Å²) >= 11 is 3.71. The van der Waals surface area contributed by atoms with Crippen molar-refractivity contribution in [1.82, 2.24) is 5.32 Å². The zero-order valence-corrected chi connectivity index (χ0v) is 13.8. The van der Waals surface area contributed by atoms with E-state index in [2.05, 4.69) is 58.2 Å². The number of anilines is 1. The Kier molecular flexibility index (Phi) is 5.28. The Balaban J connectivity index is 2.08. The number of benzene rings is 1. The van der Waals surface area contributed by atoms with E-state index in [-0.39, 0.29) is 0 Å². The summed E-state index contributed by atoms with van der Waals surface area (Å²) in [6, 6.07) is 7.17. The highest BCUT2D eigenvalue weighted by molar-refractivity contribution is 9.10. The van der Waals surface area contributed by atoms with Gasteiger partial charge in [0.15, 0.2) is 0 Å². The molecule has 3 heteroatoms. The molecule has 0 bridgehead atoms. The summed E-state index contributed by atoms with van der Waals surface area (Å²) in [6.07, 6.45) is 4.02. The van der Waals surface area contributed by atoms with Crippen molar-refractivity contribution >= 4 is 21.6 Å². The molecule has 106 valence electrons. The van der Waals surface area contributed by atoms with Gasteiger partial charge in [0.25, 0.3) is 0 Å². The van der Waals surface area contributed by atoms with Gasteiger partial charge >= 0.3 is 0 Å². The standard InChI is InChI=1S/C16H25BrN2/c1-4-5-13-8-9-19(11-13)14-6-7-15(12(2)18-3)16(17)10-14/h6-7,10,12-13,18H,4-5,8-9,11H2,1-3H3. The van der Waals surface area contributed by atoms with Crippen LogP contribution in [-0.4, -0.2) is 20.1 Å². The quantitative estimate of drug-likeness (QED) is 0.865. The number of hydrogen-bond donors (Lipinski definition) is 1. The van der Waals surface area contributed by atoms with Gasteiger partial charge in [-0.15, -0.1) is 0 Å². The third kappa shape index (κ3) is 3.51. The molecule has 1 aromatic carbocycles. The monoisotopic (exact) mass is 324 g/mol. The summed E-state index contributed by atoms with van der Waals surface area (Å²) in [5.74, 6) is 0.889. The lowest BCUT2D eigenvalue weighted by Gasteiger charge is -2.21. The number of nitrogens with one attached hydrogen (secondary N) is 1. The van der Waals surface area contributed by atoms with Crippen molar-refractivity contribution in [1.29, 1.82) is 0 Å². The molecule has 1 aliphatic rings. The Labute approximate surface area is 125 Å². The zero-order chi connectivity index (χ0) is 13.8. The van der Waals surface area contributed by atoms with E-state index < -0.39 is 0 Å². The summed E-state index contributed by atoms with van der Waals surface area (Å²) in [4.78, 5) is 2.53. The molecular weight excluding hydrogens is 300 g/mol. The van der Waals surface area contributed by atoms with Crippen molar-refractivity contribution in [3.63, 3.8) is 0 Å². The molecule has 2 atom stereocenters. The van der Waals surface area contributed by atoms with E-state index in [1.165, 1.54) is 48.1 Å². The second kappa shape index (κ2) is 6.76. The lowest BCUT2D eigenvalue weighted by Crippen LogP contribution is -2.20. The van der Waals surface area contributed by atoms with Crippen molar-refractivity contribution in [3.05, 3.63) is 28.2 Å². The summed E-state index contributed by atoms with van der Waals surface area (Å²) < 4.78 is 1.21. The van der Waals surface area contributed by atoms with Crippen LogP contribution in [0.25, 0.3) is 0 Å². The molecule has 1 aromatic rings. The van der Waals surface area contributed by atoms with Crippen LogP contribution in [0.1, 0.15) is 44.7 Å². The molecule has 2 rings (SSSR count). The van der Waals surface area contributed by atoms with E-state index in [0.29, 0.717) is 6.04 Å². The fraction of sp³-hybridized carbons (Fsp3) is 0.625. The molecule has 0 spiro atoms. The number of hydrogen-bond acceptors (Lipinski definition) is 2. The summed E-state index contributed by atoms with van der Waals surface area (Å²) in [7, 11) is 2.00. The normalized spacial score (nSPS) is 20.8. The van der Waals surface area contributed by atoms with Gasteiger partial charge in [0.2, 0.25) is 0 Å². The molecule has 0 radical (unpaired) electrons. The molecule has 1 aliphatic heterocycles.